The molecule has 3 rings (SSSR count). The van der Waals surface area contributed by atoms with E-state index in [9.17, 15) is 0 Å². The van der Waals surface area contributed by atoms with E-state index < -0.39 is 0 Å². The predicted octanol–water partition coefficient (Wildman–Crippen LogP) is 6.31. The lowest BCUT2D eigenvalue weighted by Gasteiger charge is -2.28. The van der Waals surface area contributed by atoms with Gasteiger partial charge in [0, 0.05) is 16.4 Å². The molecule has 0 aliphatic rings. The van der Waals surface area contributed by atoms with Crippen LogP contribution in [0.15, 0.2) is 66.0 Å². The van der Waals surface area contributed by atoms with E-state index in [1.54, 1.807) is 11.3 Å². The predicted molar refractivity (Wildman–Crippen MR) is 100.0 cm³/mol. The van der Waals surface area contributed by atoms with Crippen molar-refractivity contribution < 1.29 is 0 Å². The van der Waals surface area contributed by atoms with E-state index in [0.29, 0.717) is 0 Å². The normalized spacial score (nSPS) is 13.7. The molecule has 0 saturated carbocycles. The summed E-state index contributed by atoms with van der Waals surface area (Å²) in [5.41, 5.74) is 3.64. The Morgan fingerprint density at radius 1 is 0.957 bits per heavy atom. The molecular weight excluding hydrogens is 298 g/mol. The number of unbranched alkanes of at least 4 members (excludes halogenated alkanes) is 1. The largest absolute Gasteiger partial charge is 0.240 e. The maximum atomic E-state index is 5.00. The van der Waals surface area contributed by atoms with Crippen LogP contribution in [-0.4, -0.2) is 4.98 Å². The highest BCUT2D eigenvalue weighted by Gasteiger charge is 2.31. The first-order chi connectivity index (χ1) is 11.2. The summed E-state index contributed by atoms with van der Waals surface area (Å²) < 4.78 is 0. The molecule has 0 bridgehead atoms. The van der Waals surface area contributed by atoms with Gasteiger partial charge in [-0.05, 0) is 18.9 Å². The topological polar surface area (TPSA) is 12.9 Å². The highest BCUT2D eigenvalue weighted by atomic mass is 32.1. The molecule has 118 valence electrons. The van der Waals surface area contributed by atoms with Crippen molar-refractivity contribution in [2.24, 2.45) is 0 Å². The molecule has 0 aliphatic heterocycles. The van der Waals surface area contributed by atoms with Gasteiger partial charge in [0.1, 0.15) is 5.01 Å². The van der Waals surface area contributed by atoms with Crippen molar-refractivity contribution in [3.8, 4) is 11.3 Å². The van der Waals surface area contributed by atoms with Gasteiger partial charge in [-0.2, -0.15) is 0 Å². The summed E-state index contributed by atoms with van der Waals surface area (Å²) in [6.45, 7) is 4.59. The lowest BCUT2D eigenvalue weighted by molar-refractivity contribution is 0.491. The van der Waals surface area contributed by atoms with Gasteiger partial charge in [0.25, 0.3) is 0 Å². The number of aromatic nitrogens is 1. The van der Waals surface area contributed by atoms with Crippen molar-refractivity contribution in [2.75, 3.05) is 0 Å². The van der Waals surface area contributed by atoms with Crippen molar-refractivity contribution in [1.29, 1.82) is 0 Å². The number of benzene rings is 2. The minimum Gasteiger partial charge on any atom is -0.240 e. The SMILES string of the molecule is CCCCC(C)(c1ccccc1)c1nc(-c2ccccc2)cs1. The first kappa shape index (κ1) is 15.9. The number of thiazole rings is 1. The second-order valence-electron chi connectivity index (χ2n) is 6.21. The van der Waals surface area contributed by atoms with Crippen molar-refractivity contribution in [3.63, 3.8) is 0 Å². The fourth-order valence-corrected chi connectivity index (χ4v) is 4.02. The molecule has 0 N–H and O–H groups in total. The number of hydrogen-bond acceptors (Lipinski definition) is 2. The molecule has 0 saturated heterocycles. The Morgan fingerprint density at radius 3 is 2.26 bits per heavy atom. The molecule has 23 heavy (non-hydrogen) atoms. The van der Waals surface area contributed by atoms with Gasteiger partial charge in [0.05, 0.1) is 5.69 Å². The molecule has 1 atom stereocenters. The van der Waals surface area contributed by atoms with Crippen LogP contribution >= 0.6 is 11.3 Å². The Hall–Kier alpha value is -1.93. The van der Waals surface area contributed by atoms with E-state index in [2.05, 4.69) is 73.8 Å². The number of rotatable bonds is 6. The van der Waals surface area contributed by atoms with Crippen molar-refractivity contribution in [3.05, 3.63) is 76.6 Å². The third-order valence-corrected chi connectivity index (χ3v) is 5.59. The summed E-state index contributed by atoms with van der Waals surface area (Å²) in [6, 6.07) is 21.3. The Kier molecular flexibility index (Phi) is 4.92. The van der Waals surface area contributed by atoms with Crippen LogP contribution in [0.2, 0.25) is 0 Å². The van der Waals surface area contributed by atoms with E-state index in [1.165, 1.54) is 29.0 Å². The zero-order chi connectivity index (χ0) is 16.1. The van der Waals surface area contributed by atoms with Gasteiger partial charge in [0.2, 0.25) is 0 Å². The van der Waals surface area contributed by atoms with E-state index in [4.69, 9.17) is 4.98 Å². The van der Waals surface area contributed by atoms with Crippen LogP contribution < -0.4 is 0 Å². The summed E-state index contributed by atoms with van der Waals surface area (Å²) in [5, 5.41) is 3.41. The molecule has 2 heteroatoms. The molecule has 1 nitrogen and oxygen atoms in total. The van der Waals surface area contributed by atoms with Gasteiger partial charge < -0.3 is 0 Å². The average Bonchev–Trinajstić information content (AvgIpc) is 3.12. The second-order valence-corrected chi connectivity index (χ2v) is 7.06. The third-order valence-electron chi connectivity index (χ3n) is 4.49. The van der Waals surface area contributed by atoms with Crippen LogP contribution in [0.1, 0.15) is 43.7 Å². The molecule has 0 radical (unpaired) electrons. The summed E-state index contributed by atoms with van der Waals surface area (Å²) in [4.78, 5) is 5.00. The lowest BCUT2D eigenvalue weighted by Crippen LogP contribution is -2.23. The fourth-order valence-electron chi connectivity index (χ4n) is 2.98. The Bertz CT molecular complexity index is 733. The van der Waals surface area contributed by atoms with Gasteiger partial charge in [0.15, 0.2) is 0 Å². The quantitative estimate of drug-likeness (QED) is 0.518. The highest BCUT2D eigenvalue weighted by Crippen LogP contribution is 2.39. The zero-order valence-electron chi connectivity index (χ0n) is 13.8. The Balaban J connectivity index is 1.99. The van der Waals surface area contributed by atoms with Crippen LogP contribution in [0, 0.1) is 0 Å². The molecule has 2 aromatic carbocycles. The van der Waals surface area contributed by atoms with Gasteiger partial charge in [-0.3, -0.25) is 0 Å². The summed E-state index contributed by atoms with van der Waals surface area (Å²) >= 11 is 1.79. The van der Waals surface area contributed by atoms with Gasteiger partial charge >= 0.3 is 0 Å². The van der Waals surface area contributed by atoms with Crippen molar-refractivity contribution >= 4 is 11.3 Å². The number of hydrogen-bond donors (Lipinski definition) is 0. The molecular formula is C21H23NS. The van der Waals surface area contributed by atoms with E-state index in [0.717, 1.165) is 12.1 Å². The summed E-state index contributed by atoms with van der Waals surface area (Å²) in [6.07, 6.45) is 3.56. The van der Waals surface area contributed by atoms with Crippen LogP contribution in [-0.2, 0) is 5.41 Å². The lowest BCUT2D eigenvalue weighted by atomic mass is 9.78. The summed E-state index contributed by atoms with van der Waals surface area (Å²) in [5.74, 6) is 0. The maximum Gasteiger partial charge on any atom is 0.104 e. The fraction of sp³-hybridized carbons (Fsp3) is 0.286. The smallest absolute Gasteiger partial charge is 0.104 e. The Labute approximate surface area is 143 Å². The van der Waals surface area contributed by atoms with Crippen LogP contribution in [0.3, 0.4) is 0 Å². The maximum absolute atomic E-state index is 5.00. The Morgan fingerprint density at radius 2 is 1.61 bits per heavy atom. The standard InChI is InChI=1S/C21H23NS/c1-3-4-15-21(2,18-13-9-6-10-14-18)20-22-19(16-23-20)17-11-7-5-8-12-17/h5-14,16H,3-4,15H2,1-2H3. The van der Waals surface area contributed by atoms with Crippen LogP contribution in [0.25, 0.3) is 11.3 Å². The monoisotopic (exact) mass is 321 g/mol. The molecule has 0 fully saturated rings. The first-order valence-corrected chi connectivity index (χ1v) is 9.19. The van der Waals surface area contributed by atoms with Crippen molar-refractivity contribution in [1.82, 2.24) is 4.98 Å². The zero-order valence-corrected chi connectivity index (χ0v) is 14.6. The highest BCUT2D eigenvalue weighted by molar-refractivity contribution is 7.10. The molecule has 1 heterocycles. The van der Waals surface area contributed by atoms with Crippen molar-refractivity contribution in [2.45, 2.75) is 38.5 Å². The van der Waals surface area contributed by atoms with E-state index in [-0.39, 0.29) is 5.41 Å². The number of nitrogens with zero attached hydrogens (tertiary/aromatic N) is 1. The average molecular weight is 321 g/mol. The second kappa shape index (κ2) is 7.10. The molecule has 1 aromatic heterocycles. The molecule has 0 aliphatic carbocycles. The van der Waals surface area contributed by atoms with E-state index >= 15 is 0 Å². The molecule has 0 spiro atoms. The summed E-state index contributed by atoms with van der Waals surface area (Å²) in [7, 11) is 0. The minimum atomic E-state index is -0.00499. The minimum absolute atomic E-state index is 0.00499. The molecule has 0 amide bonds. The first-order valence-electron chi connectivity index (χ1n) is 8.31. The molecule has 1 unspecified atom stereocenters. The third kappa shape index (κ3) is 3.37. The van der Waals surface area contributed by atoms with Gasteiger partial charge in [-0.25, -0.2) is 4.98 Å². The van der Waals surface area contributed by atoms with E-state index in [1.807, 2.05) is 6.07 Å². The van der Waals surface area contributed by atoms with Gasteiger partial charge in [-0.1, -0.05) is 80.4 Å². The van der Waals surface area contributed by atoms with Gasteiger partial charge in [-0.15, -0.1) is 11.3 Å². The van der Waals surface area contributed by atoms with Crippen LogP contribution in [0.4, 0.5) is 0 Å². The molecule has 3 aromatic rings. The van der Waals surface area contributed by atoms with Crippen LogP contribution in [0.5, 0.6) is 0 Å².